The van der Waals surface area contributed by atoms with Crippen LogP contribution in [0, 0.1) is 5.92 Å². The fraction of sp³-hybridized carbons (Fsp3) is 0.632. The highest BCUT2D eigenvalue weighted by molar-refractivity contribution is 6.82. The van der Waals surface area contributed by atoms with E-state index in [4.69, 9.17) is 4.74 Å². The van der Waals surface area contributed by atoms with Crippen molar-refractivity contribution in [1.29, 1.82) is 0 Å². The molecule has 0 amide bonds. The SMILES string of the molecule is CC[NH+]=C(OCC)[B-](Cc1ccccc1)[N+]12CCC(CC1)CC2.F[B-](F)(F)F. The largest absolute Gasteiger partial charge is 0.673 e. The lowest BCUT2D eigenvalue weighted by Gasteiger charge is -2.60. The lowest BCUT2D eigenvalue weighted by atomic mass is 9.50. The maximum atomic E-state index is 9.75. The highest BCUT2D eigenvalue weighted by Gasteiger charge is 2.43. The van der Waals surface area contributed by atoms with Gasteiger partial charge in [-0.1, -0.05) is 35.9 Å². The van der Waals surface area contributed by atoms with Crippen LogP contribution in [-0.2, 0) is 11.1 Å². The van der Waals surface area contributed by atoms with E-state index in [1.54, 1.807) is 0 Å². The summed E-state index contributed by atoms with van der Waals surface area (Å²) in [6, 6.07) is 10.9. The van der Waals surface area contributed by atoms with Crippen LogP contribution in [0.2, 0.25) is 0 Å². The van der Waals surface area contributed by atoms with Crippen molar-refractivity contribution in [2.75, 3.05) is 32.8 Å². The number of hydrogen-bond donors (Lipinski definition) is 1. The molecular weight excluding hydrogens is 370 g/mol. The Morgan fingerprint density at radius 2 is 1.61 bits per heavy atom. The molecule has 0 aliphatic carbocycles. The summed E-state index contributed by atoms with van der Waals surface area (Å²) in [4.78, 5) is 3.56. The molecule has 28 heavy (non-hydrogen) atoms. The van der Waals surface area contributed by atoms with E-state index in [1.165, 1.54) is 48.9 Å². The van der Waals surface area contributed by atoms with Crippen molar-refractivity contribution in [3.05, 3.63) is 35.9 Å². The lowest BCUT2D eigenvalue weighted by molar-refractivity contribution is -0.845. The number of nitrogens with one attached hydrogen (secondary N) is 1. The second-order valence-corrected chi connectivity index (χ2v) is 7.65. The van der Waals surface area contributed by atoms with Crippen LogP contribution in [0.1, 0.15) is 38.7 Å². The summed E-state index contributed by atoms with van der Waals surface area (Å²) in [5.41, 5.74) is 1.42. The van der Waals surface area contributed by atoms with Gasteiger partial charge in [-0.25, -0.2) is 4.99 Å². The number of fused-ring (bicyclic) bond motifs is 3. The van der Waals surface area contributed by atoms with Crippen molar-refractivity contribution in [1.82, 2.24) is 0 Å². The van der Waals surface area contributed by atoms with E-state index in [-0.39, 0.29) is 0 Å². The molecule has 0 saturated carbocycles. The highest BCUT2D eigenvalue weighted by Crippen LogP contribution is 2.35. The van der Waals surface area contributed by atoms with Gasteiger partial charge < -0.3 is 26.4 Å². The molecule has 3 heterocycles. The van der Waals surface area contributed by atoms with Crippen molar-refractivity contribution in [3.8, 4) is 0 Å². The smallest absolute Gasteiger partial charge is 0.525 e. The summed E-state index contributed by atoms with van der Waals surface area (Å²) >= 11 is 0. The molecule has 3 aliphatic rings. The second-order valence-electron chi connectivity index (χ2n) is 7.65. The van der Waals surface area contributed by atoms with Crippen molar-refractivity contribution in [2.45, 2.75) is 39.4 Å². The molecule has 157 valence electrons. The van der Waals surface area contributed by atoms with Crippen LogP contribution in [0.15, 0.2) is 30.3 Å². The van der Waals surface area contributed by atoms with Gasteiger partial charge in [-0.05, 0) is 39.0 Å². The first kappa shape index (κ1) is 22.8. The molecular formula is C19H31B2F4N2O. The molecule has 3 saturated heterocycles. The van der Waals surface area contributed by atoms with Crippen LogP contribution in [-0.4, -0.2) is 57.1 Å². The third-order valence-corrected chi connectivity index (χ3v) is 5.83. The molecule has 0 atom stereocenters. The molecule has 0 aromatic heterocycles. The molecule has 3 fully saturated rings. The topological polar surface area (TPSA) is 23.2 Å². The summed E-state index contributed by atoms with van der Waals surface area (Å²) in [6.45, 7) is 10.4. The van der Waals surface area contributed by atoms with Gasteiger partial charge in [0.15, 0.2) is 5.80 Å². The van der Waals surface area contributed by atoms with E-state index < -0.39 is 7.25 Å². The van der Waals surface area contributed by atoms with Gasteiger partial charge >= 0.3 is 7.25 Å². The summed E-state index contributed by atoms with van der Waals surface area (Å²) in [6.07, 6.45) is 5.28. The highest BCUT2D eigenvalue weighted by atomic mass is 19.5. The number of rotatable bonds is 6. The molecule has 0 spiro atoms. The van der Waals surface area contributed by atoms with E-state index in [0.717, 1.165) is 31.2 Å². The van der Waals surface area contributed by atoms with Crippen LogP contribution >= 0.6 is 0 Å². The summed E-state index contributed by atoms with van der Waals surface area (Å²) in [5, 5.41) is 0. The summed E-state index contributed by atoms with van der Waals surface area (Å²) < 4.78 is 46.3. The number of hydrogen-bond acceptors (Lipinski definition) is 1. The molecule has 3 nitrogen and oxygen atoms in total. The van der Waals surface area contributed by atoms with E-state index >= 15 is 0 Å². The molecule has 1 aromatic carbocycles. The molecule has 4 rings (SSSR count). The minimum atomic E-state index is -6.00. The Labute approximate surface area is 166 Å². The Hall–Kier alpha value is -1.50. The van der Waals surface area contributed by atoms with Gasteiger partial charge in [0, 0.05) is 19.6 Å². The number of piperidine rings is 3. The van der Waals surface area contributed by atoms with Crippen molar-refractivity contribution < 1.29 is 31.4 Å². The third kappa shape index (κ3) is 6.83. The second kappa shape index (κ2) is 10.3. The predicted octanol–water partition coefficient (Wildman–Crippen LogP) is 2.76. The average Bonchev–Trinajstić information content (AvgIpc) is 2.67. The summed E-state index contributed by atoms with van der Waals surface area (Å²) in [5.74, 6) is 2.11. The predicted molar refractivity (Wildman–Crippen MR) is 106 cm³/mol. The number of benzene rings is 1. The van der Waals surface area contributed by atoms with Gasteiger partial charge in [0.1, 0.15) is 6.54 Å². The first-order valence-electron chi connectivity index (χ1n) is 10.3. The fourth-order valence-electron chi connectivity index (χ4n) is 4.52. The Kier molecular flexibility index (Phi) is 8.40. The quantitative estimate of drug-likeness (QED) is 0.337. The molecule has 0 unspecified atom stereocenters. The Morgan fingerprint density at radius 3 is 2.07 bits per heavy atom. The first-order valence-corrected chi connectivity index (χ1v) is 10.3. The lowest BCUT2D eigenvalue weighted by Crippen LogP contribution is -2.82. The monoisotopic (exact) mass is 401 g/mol. The van der Waals surface area contributed by atoms with Gasteiger partial charge in [0.25, 0.3) is 6.85 Å². The number of halogens is 4. The molecule has 1 N–H and O–H groups in total. The molecule has 9 heteroatoms. The zero-order valence-corrected chi connectivity index (χ0v) is 16.9. The number of ether oxygens (including phenoxy) is 1. The normalized spacial score (nSPS) is 24.7. The van der Waals surface area contributed by atoms with Crippen LogP contribution in [0.3, 0.4) is 0 Å². The minimum absolute atomic E-state index is 0.443. The Bertz CT molecular complexity index is 600. The van der Waals surface area contributed by atoms with Gasteiger partial charge in [-0.2, -0.15) is 0 Å². The van der Waals surface area contributed by atoms with E-state index in [0.29, 0.717) is 6.85 Å². The van der Waals surface area contributed by atoms with E-state index in [1.807, 2.05) is 0 Å². The number of nitrogens with zero attached hydrogens (tertiary/aromatic N) is 1. The maximum Gasteiger partial charge on any atom is 0.673 e. The van der Waals surface area contributed by atoms with E-state index in [2.05, 4.69) is 49.2 Å². The van der Waals surface area contributed by atoms with Gasteiger partial charge in [0.2, 0.25) is 0 Å². The van der Waals surface area contributed by atoms with Crippen molar-refractivity contribution in [3.63, 3.8) is 0 Å². The van der Waals surface area contributed by atoms with Crippen LogP contribution in [0.4, 0.5) is 17.3 Å². The van der Waals surface area contributed by atoms with Gasteiger partial charge in [0.05, 0.1) is 6.61 Å². The maximum absolute atomic E-state index is 9.75. The third-order valence-electron chi connectivity index (χ3n) is 5.83. The van der Waals surface area contributed by atoms with Crippen LogP contribution < -0.4 is 4.99 Å². The van der Waals surface area contributed by atoms with E-state index in [9.17, 15) is 17.3 Å². The zero-order chi connectivity index (χ0) is 20.6. The fourth-order valence-corrected chi connectivity index (χ4v) is 4.52. The molecule has 3 aliphatic heterocycles. The zero-order valence-electron chi connectivity index (χ0n) is 16.9. The van der Waals surface area contributed by atoms with Gasteiger partial charge in [-0.15, -0.1) is 6.32 Å². The number of quaternary nitrogens is 1. The van der Waals surface area contributed by atoms with Crippen molar-refractivity contribution >= 4 is 19.9 Å². The average molecular weight is 401 g/mol. The van der Waals surface area contributed by atoms with Crippen LogP contribution in [0.5, 0.6) is 0 Å². The molecule has 1 aromatic rings. The Morgan fingerprint density at radius 1 is 1.07 bits per heavy atom. The van der Waals surface area contributed by atoms with Crippen LogP contribution in [0.25, 0.3) is 0 Å². The van der Waals surface area contributed by atoms with Crippen molar-refractivity contribution in [2.24, 2.45) is 5.92 Å². The Balaban J connectivity index is 0.000000500. The first-order chi connectivity index (χ1) is 13.3. The standard InChI is InChI=1S/C19H30BN2O.BF4/c1-3-21-19(23-4-2)20(16-18-8-6-5-7-9-18)22-13-10-17(11-14-22)12-15-22;2-1(3,4)5/h5-9,17H,3-4,10-16H2,1-2H3;/q;-1/p+1. The van der Waals surface area contributed by atoms with Gasteiger partial charge in [-0.3, -0.25) is 0 Å². The minimum Gasteiger partial charge on any atom is -0.525 e. The summed E-state index contributed by atoms with van der Waals surface area (Å²) in [7, 11) is -6.00. The molecule has 1 radical (unpaired) electrons. The molecule has 2 bridgehead atoms.